The zero-order valence-corrected chi connectivity index (χ0v) is 16.6. The molecular formula is C19H24N2O3S2. The fourth-order valence-corrected chi connectivity index (χ4v) is 4.32. The molecule has 2 aliphatic rings. The second-order valence-electron chi connectivity index (χ2n) is 6.71. The number of hydrogen-bond acceptors (Lipinski definition) is 5. The molecule has 1 aliphatic heterocycles. The minimum Gasteiger partial charge on any atom is -0.452 e. The van der Waals surface area contributed by atoms with Gasteiger partial charge in [-0.2, -0.15) is 0 Å². The number of nitrogens with one attached hydrogen (secondary N) is 1. The quantitative estimate of drug-likeness (QED) is 0.614. The molecule has 1 fully saturated rings. The SMILES string of the molecule is C[C@H](OC(=O)CSC(=S)N1CCCC1)C(=O)Nc1ccc2c(c1)CCC2. The lowest BCUT2D eigenvalue weighted by Crippen LogP contribution is -2.31. The van der Waals surface area contributed by atoms with Crippen molar-refractivity contribution in [2.75, 3.05) is 24.2 Å². The van der Waals surface area contributed by atoms with Crippen molar-refractivity contribution in [2.24, 2.45) is 0 Å². The molecule has 0 unspecified atom stereocenters. The zero-order valence-electron chi connectivity index (χ0n) is 15.0. The third-order valence-corrected chi connectivity index (χ3v) is 6.22. The molecule has 1 aliphatic carbocycles. The summed E-state index contributed by atoms with van der Waals surface area (Å²) in [6.45, 7) is 3.50. The molecular weight excluding hydrogens is 368 g/mol. The number of carbonyl (C=O) groups is 2. The van der Waals surface area contributed by atoms with Gasteiger partial charge in [-0.1, -0.05) is 30.0 Å². The van der Waals surface area contributed by atoms with Gasteiger partial charge in [-0.15, -0.1) is 0 Å². The van der Waals surface area contributed by atoms with Crippen LogP contribution in [0.25, 0.3) is 0 Å². The molecule has 1 saturated heterocycles. The summed E-state index contributed by atoms with van der Waals surface area (Å²) in [5.41, 5.74) is 3.40. The minimum absolute atomic E-state index is 0.131. The average Bonchev–Trinajstić information content (AvgIpc) is 3.30. The molecule has 26 heavy (non-hydrogen) atoms. The summed E-state index contributed by atoms with van der Waals surface area (Å²) in [6, 6.07) is 5.98. The van der Waals surface area contributed by atoms with Crippen molar-refractivity contribution in [1.82, 2.24) is 4.90 Å². The van der Waals surface area contributed by atoms with Gasteiger partial charge in [0.25, 0.3) is 5.91 Å². The third kappa shape index (κ3) is 4.98. The van der Waals surface area contributed by atoms with Crippen LogP contribution in [0.15, 0.2) is 18.2 Å². The standard InChI is InChI=1S/C19H24N2O3S2/c1-13(24-17(22)12-26-19(25)21-9-2-3-10-21)18(23)20-16-8-7-14-5-4-6-15(14)11-16/h7-8,11,13H,2-6,9-10,12H2,1H3,(H,20,23)/t13-/m0/s1. The lowest BCUT2D eigenvalue weighted by molar-refractivity contribution is -0.150. The molecule has 0 aromatic heterocycles. The van der Waals surface area contributed by atoms with Crippen molar-refractivity contribution in [3.63, 3.8) is 0 Å². The Kier molecular flexibility index (Phi) is 6.53. The summed E-state index contributed by atoms with van der Waals surface area (Å²) >= 11 is 6.63. The van der Waals surface area contributed by atoms with Crippen LogP contribution in [0.3, 0.4) is 0 Å². The second-order valence-corrected chi connectivity index (χ2v) is 8.32. The van der Waals surface area contributed by atoms with Crippen molar-refractivity contribution >= 4 is 45.9 Å². The summed E-state index contributed by atoms with van der Waals surface area (Å²) in [5, 5.41) is 2.83. The molecule has 7 heteroatoms. The van der Waals surface area contributed by atoms with E-state index < -0.39 is 12.1 Å². The number of benzene rings is 1. The van der Waals surface area contributed by atoms with E-state index in [4.69, 9.17) is 17.0 Å². The van der Waals surface area contributed by atoms with Crippen molar-refractivity contribution < 1.29 is 14.3 Å². The molecule has 1 aromatic carbocycles. The first-order chi connectivity index (χ1) is 12.5. The Morgan fingerprint density at radius 3 is 2.73 bits per heavy atom. The van der Waals surface area contributed by atoms with Crippen LogP contribution in [0, 0.1) is 0 Å². The molecule has 140 valence electrons. The number of fused-ring (bicyclic) bond motifs is 1. The number of thiocarbonyl (C=S) groups is 1. The molecule has 1 heterocycles. The van der Waals surface area contributed by atoms with E-state index in [0.717, 1.165) is 55.2 Å². The molecule has 0 radical (unpaired) electrons. The highest BCUT2D eigenvalue weighted by molar-refractivity contribution is 8.23. The molecule has 1 N–H and O–H groups in total. The Hall–Kier alpha value is -1.60. The maximum absolute atomic E-state index is 12.3. The van der Waals surface area contributed by atoms with Gasteiger partial charge < -0.3 is 15.0 Å². The van der Waals surface area contributed by atoms with Crippen molar-refractivity contribution in [3.8, 4) is 0 Å². The summed E-state index contributed by atoms with van der Waals surface area (Å²) in [7, 11) is 0. The van der Waals surface area contributed by atoms with Crippen molar-refractivity contribution in [1.29, 1.82) is 0 Å². The Morgan fingerprint density at radius 2 is 1.96 bits per heavy atom. The topological polar surface area (TPSA) is 58.6 Å². The predicted octanol–water partition coefficient (Wildman–Crippen LogP) is 3.16. The van der Waals surface area contributed by atoms with E-state index in [9.17, 15) is 9.59 Å². The van der Waals surface area contributed by atoms with Gasteiger partial charge in [0.05, 0.1) is 5.75 Å². The highest BCUT2D eigenvalue weighted by atomic mass is 32.2. The maximum atomic E-state index is 12.3. The van der Waals surface area contributed by atoms with Gasteiger partial charge in [0.15, 0.2) is 6.10 Å². The van der Waals surface area contributed by atoms with Gasteiger partial charge in [0.2, 0.25) is 0 Å². The summed E-state index contributed by atoms with van der Waals surface area (Å²) in [6.07, 6.45) is 4.77. The number of esters is 1. The number of nitrogens with zero attached hydrogens (tertiary/aromatic N) is 1. The van der Waals surface area contributed by atoms with E-state index in [0.29, 0.717) is 0 Å². The number of thioether (sulfide) groups is 1. The number of ether oxygens (including phenoxy) is 1. The lowest BCUT2D eigenvalue weighted by Gasteiger charge is -2.18. The summed E-state index contributed by atoms with van der Waals surface area (Å²) < 4.78 is 5.97. The first-order valence-electron chi connectivity index (χ1n) is 9.07. The molecule has 1 amide bonds. The molecule has 3 rings (SSSR count). The van der Waals surface area contributed by atoms with E-state index in [2.05, 4.69) is 16.3 Å². The van der Waals surface area contributed by atoms with Crippen LogP contribution in [-0.2, 0) is 27.2 Å². The average molecular weight is 393 g/mol. The van der Waals surface area contributed by atoms with Gasteiger partial charge in [-0.3, -0.25) is 9.59 Å². The van der Waals surface area contributed by atoms with E-state index in [1.54, 1.807) is 6.92 Å². The Balaban J connectivity index is 1.43. The predicted molar refractivity (Wildman–Crippen MR) is 109 cm³/mol. The van der Waals surface area contributed by atoms with Gasteiger partial charge in [-0.25, -0.2) is 0 Å². The first-order valence-corrected chi connectivity index (χ1v) is 10.5. The molecule has 0 spiro atoms. The second kappa shape index (κ2) is 8.86. The van der Waals surface area contributed by atoms with E-state index >= 15 is 0 Å². The van der Waals surface area contributed by atoms with Gasteiger partial charge in [0, 0.05) is 18.8 Å². The van der Waals surface area contributed by atoms with Crippen molar-refractivity contribution in [3.05, 3.63) is 29.3 Å². The Morgan fingerprint density at radius 1 is 1.23 bits per heavy atom. The first kappa shape index (κ1) is 19.2. The monoisotopic (exact) mass is 392 g/mol. The van der Waals surface area contributed by atoms with Crippen LogP contribution in [0.4, 0.5) is 5.69 Å². The number of anilines is 1. The number of likely N-dealkylation sites (tertiary alicyclic amines) is 1. The molecule has 1 atom stereocenters. The number of hydrogen-bond donors (Lipinski definition) is 1. The van der Waals surface area contributed by atoms with Gasteiger partial charge >= 0.3 is 5.97 Å². The van der Waals surface area contributed by atoms with E-state index in [1.165, 1.54) is 22.9 Å². The summed E-state index contributed by atoms with van der Waals surface area (Å²) in [5.74, 6) is -0.609. The highest BCUT2D eigenvalue weighted by Gasteiger charge is 2.21. The number of carbonyl (C=O) groups excluding carboxylic acids is 2. The zero-order chi connectivity index (χ0) is 18.5. The van der Waals surface area contributed by atoms with Crippen LogP contribution in [0.2, 0.25) is 0 Å². The van der Waals surface area contributed by atoms with Crippen LogP contribution in [-0.4, -0.2) is 46.0 Å². The molecule has 5 nitrogen and oxygen atoms in total. The lowest BCUT2D eigenvalue weighted by atomic mass is 10.1. The fourth-order valence-electron chi connectivity index (χ4n) is 3.29. The smallest absolute Gasteiger partial charge is 0.317 e. The Bertz CT molecular complexity index is 702. The number of rotatable bonds is 5. The summed E-state index contributed by atoms with van der Waals surface area (Å²) in [4.78, 5) is 26.4. The normalized spacial score (nSPS) is 16.9. The van der Waals surface area contributed by atoms with Gasteiger partial charge in [0.1, 0.15) is 4.32 Å². The third-order valence-electron chi connectivity index (χ3n) is 4.72. The Labute approximate surface area is 163 Å². The molecule has 0 bridgehead atoms. The van der Waals surface area contributed by atoms with Crippen molar-refractivity contribution in [2.45, 2.75) is 45.1 Å². The molecule has 1 aromatic rings. The van der Waals surface area contributed by atoms with Gasteiger partial charge in [-0.05, 0) is 62.3 Å². The van der Waals surface area contributed by atoms with Crippen LogP contribution in [0.1, 0.15) is 37.3 Å². The van der Waals surface area contributed by atoms with Crippen LogP contribution < -0.4 is 5.32 Å². The van der Waals surface area contributed by atoms with E-state index in [1.807, 2.05) is 12.1 Å². The largest absolute Gasteiger partial charge is 0.452 e. The van der Waals surface area contributed by atoms with Crippen LogP contribution >= 0.6 is 24.0 Å². The van der Waals surface area contributed by atoms with Crippen LogP contribution in [0.5, 0.6) is 0 Å². The molecule has 0 saturated carbocycles. The van der Waals surface area contributed by atoms with E-state index in [-0.39, 0.29) is 11.7 Å². The maximum Gasteiger partial charge on any atom is 0.317 e. The number of amides is 1. The number of aryl methyl sites for hydroxylation is 2. The fraction of sp³-hybridized carbons (Fsp3) is 0.526. The minimum atomic E-state index is -0.836. The highest BCUT2D eigenvalue weighted by Crippen LogP contribution is 2.25.